The Balaban J connectivity index is 1.27. The minimum atomic E-state index is -0.289. The lowest BCUT2D eigenvalue weighted by atomic mass is 10.0. The van der Waals surface area contributed by atoms with Gasteiger partial charge in [-0.2, -0.15) is 0 Å². The Morgan fingerprint density at radius 2 is 1.82 bits per heavy atom. The van der Waals surface area contributed by atoms with E-state index in [0.29, 0.717) is 19.6 Å². The molecule has 1 N–H and O–H groups in total. The number of hydrogen-bond donors (Lipinski definition) is 1. The van der Waals surface area contributed by atoms with E-state index in [4.69, 9.17) is 4.74 Å². The highest BCUT2D eigenvalue weighted by Crippen LogP contribution is 2.26. The largest absolute Gasteiger partial charge is 0.445 e. The summed E-state index contributed by atoms with van der Waals surface area (Å²) in [6, 6.07) is 13.6. The van der Waals surface area contributed by atoms with E-state index in [0.717, 1.165) is 24.0 Å². The Morgan fingerprint density at radius 1 is 1.11 bits per heavy atom. The van der Waals surface area contributed by atoms with E-state index in [-0.39, 0.29) is 30.8 Å². The fourth-order valence-electron chi connectivity index (χ4n) is 3.83. The van der Waals surface area contributed by atoms with Gasteiger partial charge in [0.2, 0.25) is 0 Å². The van der Waals surface area contributed by atoms with Crippen molar-refractivity contribution in [3.8, 4) is 0 Å². The number of carbonyl (C=O) groups is 2. The number of carbonyl (C=O) groups excluding carboxylic acids is 2. The summed E-state index contributed by atoms with van der Waals surface area (Å²) in [5.41, 5.74) is 2.04. The molecule has 0 radical (unpaired) electrons. The standard InChI is InChI=1S/C21H24N4O3/c26-20-23-19(17-6-10-22-11-7-17)14-25(20)18-8-12-24(13-9-18)21(27)28-15-16-4-2-1-3-5-16/h1-7,10-11,18-19H,8-9,12-15H2,(H,23,26). The first kappa shape index (κ1) is 18.3. The lowest BCUT2D eigenvalue weighted by Gasteiger charge is -2.35. The van der Waals surface area contributed by atoms with Crippen molar-refractivity contribution in [2.45, 2.75) is 31.5 Å². The van der Waals surface area contributed by atoms with Crippen molar-refractivity contribution in [3.63, 3.8) is 0 Å². The van der Waals surface area contributed by atoms with E-state index in [1.165, 1.54) is 0 Å². The third-order valence-corrected chi connectivity index (χ3v) is 5.41. The maximum Gasteiger partial charge on any atom is 0.410 e. The molecule has 146 valence electrons. The first-order valence-corrected chi connectivity index (χ1v) is 9.63. The molecule has 1 unspecified atom stereocenters. The van der Waals surface area contributed by atoms with Crippen LogP contribution in [0.1, 0.15) is 30.0 Å². The zero-order valence-electron chi connectivity index (χ0n) is 15.7. The van der Waals surface area contributed by atoms with Crippen molar-refractivity contribution in [2.75, 3.05) is 19.6 Å². The van der Waals surface area contributed by atoms with Gasteiger partial charge in [0.15, 0.2) is 0 Å². The molecule has 2 fully saturated rings. The number of likely N-dealkylation sites (tertiary alicyclic amines) is 1. The second-order valence-electron chi connectivity index (χ2n) is 7.19. The molecule has 7 nitrogen and oxygen atoms in total. The van der Waals surface area contributed by atoms with Gasteiger partial charge in [0, 0.05) is 38.1 Å². The van der Waals surface area contributed by atoms with Crippen molar-refractivity contribution < 1.29 is 14.3 Å². The molecular formula is C21H24N4O3. The van der Waals surface area contributed by atoms with Crippen LogP contribution in [0, 0.1) is 0 Å². The fourth-order valence-corrected chi connectivity index (χ4v) is 3.83. The average molecular weight is 380 g/mol. The SMILES string of the molecule is O=C(OCc1ccccc1)N1CCC(N2CC(c3ccncc3)NC2=O)CC1. The maximum atomic E-state index is 12.4. The second kappa shape index (κ2) is 8.29. The van der Waals surface area contributed by atoms with Crippen LogP contribution in [0.4, 0.5) is 9.59 Å². The average Bonchev–Trinajstić information content (AvgIpc) is 3.15. The monoisotopic (exact) mass is 380 g/mol. The van der Waals surface area contributed by atoms with E-state index in [1.54, 1.807) is 17.3 Å². The minimum Gasteiger partial charge on any atom is -0.445 e. The van der Waals surface area contributed by atoms with E-state index < -0.39 is 0 Å². The van der Waals surface area contributed by atoms with Crippen LogP contribution < -0.4 is 5.32 Å². The Morgan fingerprint density at radius 3 is 2.54 bits per heavy atom. The summed E-state index contributed by atoms with van der Waals surface area (Å²) in [7, 11) is 0. The Bertz CT molecular complexity index is 807. The molecule has 0 bridgehead atoms. The van der Waals surface area contributed by atoms with Crippen LogP contribution in [0.25, 0.3) is 0 Å². The molecule has 3 amide bonds. The zero-order chi connectivity index (χ0) is 19.3. The number of urea groups is 1. The lowest BCUT2D eigenvalue weighted by Crippen LogP contribution is -2.47. The van der Waals surface area contributed by atoms with Gasteiger partial charge in [-0.05, 0) is 36.1 Å². The van der Waals surface area contributed by atoms with E-state index >= 15 is 0 Å². The molecule has 2 saturated heterocycles. The second-order valence-corrected chi connectivity index (χ2v) is 7.19. The number of pyridine rings is 1. The number of nitrogens with zero attached hydrogens (tertiary/aromatic N) is 3. The zero-order valence-corrected chi connectivity index (χ0v) is 15.7. The van der Waals surface area contributed by atoms with Crippen LogP contribution in [-0.2, 0) is 11.3 Å². The normalized spacial score (nSPS) is 20.1. The fraction of sp³-hybridized carbons (Fsp3) is 0.381. The van der Waals surface area contributed by atoms with Gasteiger partial charge >= 0.3 is 12.1 Å². The molecule has 1 atom stereocenters. The van der Waals surface area contributed by atoms with Gasteiger partial charge in [-0.25, -0.2) is 9.59 Å². The third kappa shape index (κ3) is 4.08. The topological polar surface area (TPSA) is 74.8 Å². The molecule has 0 aliphatic carbocycles. The van der Waals surface area contributed by atoms with Crippen LogP contribution in [0.3, 0.4) is 0 Å². The molecule has 0 saturated carbocycles. The van der Waals surface area contributed by atoms with Gasteiger partial charge in [-0.3, -0.25) is 4.98 Å². The molecule has 7 heteroatoms. The van der Waals surface area contributed by atoms with E-state index in [2.05, 4.69) is 10.3 Å². The molecule has 2 aromatic rings. The number of ether oxygens (including phenoxy) is 1. The number of nitrogens with one attached hydrogen (secondary N) is 1. The van der Waals surface area contributed by atoms with Crippen LogP contribution in [0.15, 0.2) is 54.9 Å². The number of benzene rings is 1. The van der Waals surface area contributed by atoms with Crippen LogP contribution >= 0.6 is 0 Å². The number of amides is 3. The van der Waals surface area contributed by atoms with Crippen LogP contribution in [0.2, 0.25) is 0 Å². The Kier molecular flexibility index (Phi) is 5.41. The molecule has 1 aromatic carbocycles. The van der Waals surface area contributed by atoms with E-state index in [1.807, 2.05) is 47.4 Å². The summed E-state index contributed by atoms with van der Waals surface area (Å²) in [5, 5.41) is 3.04. The molecule has 2 aliphatic heterocycles. The van der Waals surface area contributed by atoms with Crippen molar-refractivity contribution >= 4 is 12.1 Å². The van der Waals surface area contributed by atoms with Gasteiger partial charge in [0.1, 0.15) is 6.61 Å². The first-order valence-electron chi connectivity index (χ1n) is 9.63. The number of aromatic nitrogens is 1. The molecule has 4 rings (SSSR count). The molecule has 0 spiro atoms. The third-order valence-electron chi connectivity index (χ3n) is 5.41. The summed E-state index contributed by atoms with van der Waals surface area (Å²) in [5.74, 6) is 0. The highest BCUT2D eigenvalue weighted by atomic mass is 16.6. The first-order chi connectivity index (χ1) is 13.7. The molecule has 3 heterocycles. The van der Waals surface area contributed by atoms with Gasteiger partial charge in [-0.15, -0.1) is 0 Å². The van der Waals surface area contributed by atoms with E-state index in [9.17, 15) is 9.59 Å². The quantitative estimate of drug-likeness (QED) is 0.885. The Labute approximate surface area is 164 Å². The Hall–Kier alpha value is -3.09. The van der Waals surface area contributed by atoms with Gasteiger partial charge in [0.25, 0.3) is 0 Å². The van der Waals surface area contributed by atoms with Crippen molar-refractivity contribution in [1.29, 1.82) is 0 Å². The number of rotatable bonds is 4. The van der Waals surface area contributed by atoms with Crippen molar-refractivity contribution in [3.05, 3.63) is 66.0 Å². The number of piperidine rings is 1. The lowest BCUT2D eigenvalue weighted by molar-refractivity contribution is 0.0764. The summed E-state index contributed by atoms with van der Waals surface area (Å²) < 4.78 is 5.41. The van der Waals surface area contributed by atoms with Crippen molar-refractivity contribution in [1.82, 2.24) is 20.1 Å². The molecule has 28 heavy (non-hydrogen) atoms. The molecule has 2 aliphatic rings. The van der Waals surface area contributed by atoms with Crippen LogP contribution in [-0.4, -0.2) is 52.6 Å². The van der Waals surface area contributed by atoms with Gasteiger partial charge in [-0.1, -0.05) is 30.3 Å². The highest BCUT2D eigenvalue weighted by molar-refractivity contribution is 5.77. The van der Waals surface area contributed by atoms with Crippen LogP contribution in [0.5, 0.6) is 0 Å². The summed E-state index contributed by atoms with van der Waals surface area (Å²) in [6.07, 6.45) is 4.71. The molecule has 1 aromatic heterocycles. The van der Waals surface area contributed by atoms with Gasteiger partial charge < -0.3 is 19.9 Å². The highest BCUT2D eigenvalue weighted by Gasteiger charge is 2.36. The smallest absolute Gasteiger partial charge is 0.410 e. The van der Waals surface area contributed by atoms with Crippen molar-refractivity contribution in [2.24, 2.45) is 0 Å². The summed E-state index contributed by atoms with van der Waals surface area (Å²) in [4.78, 5) is 32.4. The molecular weight excluding hydrogens is 356 g/mol. The summed E-state index contributed by atoms with van der Waals surface area (Å²) >= 11 is 0. The maximum absolute atomic E-state index is 12.4. The summed E-state index contributed by atoms with van der Waals surface area (Å²) in [6.45, 7) is 2.12. The predicted octanol–water partition coefficient (Wildman–Crippen LogP) is 2.95. The number of hydrogen-bond acceptors (Lipinski definition) is 4. The van der Waals surface area contributed by atoms with Gasteiger partial charge in [0.05, 0.1) is 6.04 Å². The minimum absolute atomic E-state index is 0.00985. The predicted molar refractivity (Wildman–Crippen MR) is 103 cm³/mol.